The van der Waals surface area contributed by atoms with Crippen LogP contribution in [0.15, 0.2) is 18.5 Å². The molecule has 19 heavy (non-hydrogen) atoms. The summed E-state index contributed by atoms with van der Waals surface area (Å²) in [5.74, 6) is -0.0673. The highest BCUT2D eigenvalue weighted by molar-refractivity contribution is 5.74. The molecule has 1 aromatic heterocycles. The first-order valence-corrected chi connectivity index (χ1v) is 7.21. The SMILES string of the molecule is O=C(O)[C@@H]1C[C@H]2CCCC[C@H]2N1CCn1cccn1. The lowest BCUT2D eigenvalue weighted by molar-refractivity contribution is -0.142. The van der Waals surface area contributed by atoms with Crippen molar-refractivity contribution in [2.75, 3.05) is 6.54 Å². The summed E-state index contributed by atoms with van der Waals surface area (Å²) in [4.78, 5) is 13.7. The Labute approximate surface area is 113 Å². The van der Waals surface area contributed by atoms with Gasteiger partial charge in [0.05, 0.1) is 6.54 Å². The number of hydrogen-bond acceptors (Lipinski definition) is 3. The van der Waals surface area contributed by atoms with Crippen LogP contribution in [0.5, 0.6) is 0 Å². The molecule has 1 aliphatic heterocycles. The van der Waals surface area contributed by atoms with E-state index in [1.165, 1.54) is 19.3 Å². The van der Waals surface area contributed by atoms with E-state index < -0.39 is 5.97 Å². The zero-order chi connectivity index (χ0) is 13.2. The van der Waals surface area contributed by atoms with Crippen LogP contribution in [-0.4, -0.2) is 44.4 Å². The maximum Gasteiger partial charge on any atom is 0.320 e. The van der Waals surface area contributed by atoms with Crippen LogP contribution in [0.1, 0.15) is 32.1 Å². The fraction of sp³-hybridized carbons (Fsp3) is 0.714. The van der Waals surface area contributed by atoms with Crippen molar-refractivity contribution in [2.45, 2.75) is 50.7 Å². The minimum absolute atomic E-state index is 0.288. The van der Waals surface area contributed by atoms with Gasteiger partial charge in [-0.05, 0) is 31.2 Å². The van der Waals surface area contributed by atoms with Crippen molar-refractivity contribution in [1.29, 1.82) is 0 Å². The molecule has 1 aliphatic carbocycles. The van der Waals surface area contributed by atoms with Gasteiger partial charge < -0.3 is 5.11 Å². The number of carbonyl (C=O) groups is 1. The molecule has 0 spiro atoms. The lowest BCUT2D eigenvalue weighted by Gasteiger charge is -2.32. The van der Waals surface area contributed by atoms with Crippen LogP contribution in [0, 0.1) is 5.92 Å². The minimum Gasteiger partial charge on any atom is -0.480 e. The molecule has 0 aromatic carbocycles. The molecule has 0 radical (unpaired) electrons. The third-order valence-electron chi connectivity index (χ3n) is 4.65. The second-order valence-electron chi connectivity index (χ2n) is 5.71. The van der Waals surface area contributed by atoms with Crippen molar-refractivity contribution in [2.24, 2.45) is 5.92 Å². The monoisotopic (exact) mass is 263 g/mol. The first kappa shape index (κ1) is 12.7. The van der Waals surface area contributed by atoms with E-state index in [4.69, 9.17) is 0 Å². The quantitative estimate of drug-likeness (QED) is 0.896. The molecule has 1 aromatic rings. The van der Waals surface area contributed by atoms with Gasteiger partial charge in [-0.15, -0.1) is 0 Å². The summed E-state index contributed by atoms with van der Waals surface area (Å²) < 4.78 is 1.88. The lowest BCUT2D eigenvalue weighted by Crippen LogP contribution is -2.43. The number of nitrogens with zero attached hydrogens (tertiary/aromatic N) is 3. The summed E-state index contributed by atoms with van der Waals surface area (Å²) in [5, 5.41) is 13.6. The van der Waals surface area contributed by atoms with E-state index in [0.29, 0.717) is 12.0 Å². The number of rotatable bonds is 4. The van der Waals surface area contributed by atoms with Crippen LogP contribution < -0.4 is 0 Å². The maximum atomic E-state index is 11.5. The second-order valence-corrected chi connectivity index (χ2v) is 5.71. The summed E-state index contributed by atoms with van der Waals surface area (Å²) in [5.41, 5.74) is 0. The van der Waals surface area contributed by atoms with Crippen LogP contribution in [0.2, 0.25) is 0 Å². The Kier molecular flexibility index (Phi) is 3.55. The van der Waals surface area contributed by atoms with Crippen molar-refractivity contribution in [1.82, 2.24) is 14.7 Å². The third-order valence-corrected chi connectivity index (χ3v) is 4.65. The molecule has 3 atom stereocenters. The summed E-state index contributed by atoms with van der Waals surface area (Å²) in [7, 11) is 0. The highest BCUT2D eigenvalue weighted by atomic mass is 16.4. The molecule has 1 saturated heterocycles. The molecule has 1 saturated carbocycles. The van der Waals surface area contributed by atoms with E-state index in [1.807, 2.05) is 16.9 Å². The van der Waals surface area contributed by atoms with Crippen molar-refractivity contribution < 1.29 is 9.90 Å². The summed E-state index contributed by atoms with van der Waals surface area (Å²) >= 11 is 0. The van der Waals surface area contributed by atoms with Crippen LogP contribution in [0.4, 0.5) is 0 Å². The highest BCUT2D eigenvalue weighted by Gasteiger charge is 2.44. The fourth-order valence-electron chi connectivity index (χ4n) is 3.77. The van der Waals surface area contributed by atoms with Crippen LogP contribution in [0.3, 0.4) is 0 Å². The van der Waals surface area contributed by atoms with E-state index in [-0.39, 0.29) is 6.04 Å². The maximum absolute atomic E-state index is 11.5. The van der Waals surface area contributed by atoms with E-state index >= 15 is 0 Å². The molecule has 104 valence electrons. The largest absolute Gasteiger partial charge is 0.480 e. The summed E-state index contributed by atoms with van der Waals surface area (Å²) in [6.45, 7) is 1.57. The molecule has 0 unspecified atom stereocenters. The number of aromatic nitrogens is 2. The number of aliphatic carboxylic acids is 1. The van der Waals surface area contributed by atoms with Crippen molar-refractivity contribution in [3.05, 3.63) is 18.5 Å². The Morgan fingerprint density at radius 3 is 2.89 bits per heavy atom. The Morgan fingerprint density at radius 1 is 1.32 bits per heavy atom. The van der Waals surface area contributed by atoms with Crippen molar-refractivity contribution in [3.8, 4) is 0 Å². The smallest absolute Gasteiger partial charge is 0.320 e. The van der Waals surface area contributed by atoms with Gasteiger partial charge in [-0.25, -0.2) is 0 Å². The molecule has 5 heteroatoms. The van der Waals surface area contributed by atoms with E-state index in [2.05, 4.69) is 10.00 Å². The first-order valence-electron chi connectivity index (χ1n) is 7.21. The average molecular weight is 263 g/mol. The average Bonchev–Trinajstić information content (AvgIpc) is 3.03. The number of hydrogen-bond donors (Lipinski definition) is 1. The van der Waals surface area contributed by atoms with Gasteiger partial charge in [0.2, 0.25) is 0 Å². The molecule has 5 nitrogen and oxygen atoms in total. The van der Waals surface area contributed by atoms with Gasteiger partial charge >= 0.3 is 5.97 Å². The molecule has 2 heterocycles. The van der Waals surface area contributed by atoms with E-state index in [0.717, 1.165) is 25.9 Å². The Morgan fingerprint density at radius 2 is 2.16 bits per heavy atom. The lowest BCUT2D eigenvalue weighted by atomic mass is 9.85. The second kappa shape index (κ2) is 5.33. The molecule has 2 aliphatic rings. The Hall–Kier alpha value is -1.36. The first-order chi connectivity index (χ1) is 9.25. The van der Waals surface area contributed by atoms with Gasteiger partial charge in [0.25, 0.3) is 0 Å². The molecule has 0 amide bonds. The Bertz CT molecular complexity index is 432. The van der Waals surface area contributed by atoms with Gasteiger partial charge in [0, 0.05) is 25.0 Å². The van der Waals surface area contributed by atoms with Crippen LogP contribution in [-0.2, 0) is 11.3 Å². The van der Waals surface area contributed by atoms with Gasteiger partial charge in [-0.1, -0.05) is 12.8 Å². The zero-order valence-corrected chi connectivity index (χ0v) is 11.1. The van der Waals surface area contributed by atoms with Gasteiger partial charge in [0.1, 0.15) is 6.04 Å². The third kappa shape index (κ3) is 2.52. The molecule has 3 rings (SSSR count). The summed E-state index contributed by atoms with van der Waals surface area (Å²) in [6, 6.07) is 2.09. The van der Waals surface area contributed by atoms with Crippen molar-refractivity contribution in [3.63, 3.8) is 0 Å². The summed E-state index contributed by atoms with van der Waals surface area (Å²) in [6.07, 6.45) is 9.40. The number of likely N-dealkylation sites (tertiary alicyclic amines) is 1. The topological polar surface area (TPSA) is 58.4 Å². The van der Waals surface area contributed by atoms with Gasteiger partial charge in [-0.2, -0.15) is 5.10 Å². The highest BCUT2D eigenvalue weighted by Crippen LogP contribution is 2.39. The van der Waals surface area contributed by atoms with Crippen LogP contribution in [0.25, 0.3) is 0 Å². The molecule has 2 fully saturated rings. The zero-order valence-electron chi connectivity index (χ0n) is 11.1. The molecule has 1 N–H and O–H groups in total. The molecule has 0 bridgehead atoms. The van der Waals surface area contributed by atoms with Gasteiger partial charge in [-0.3, -0.25) is 14.4 Å². The number of carboxylic acid groups (broad SMARTS) is 1. The molecular weight excluding hydrogens is 242 g/mol. The predicted octanol–water partition coefficient (Wildman–Crippen LogP) is 1.60. The van der Waals surface area contributed by atoms with E-state index in [9.17, 15) is 9.90 Å². The standard InChI is InChI=1S/C14H21N3O2/c18-14(19)13-10-11-4-1-2-5-12(11)17(13)9-8-16-7-3-6-15-16/h3,6-7,11-13H,1-2,4-5,8-10H2,(H,18,19)/t11-,12-,13+/m1/s1. The Balaban J connectivity index is 1.69. The van der Waals surface area contributed by atoms with Crippen LogP contribution >= 0.6 is 0 Å². The minimum atomic E-state index is -0.658. The normalized spacial score (nSPS) is 31.3. The predicted molar refractivity (Wildman–Crippen MR) is 70.7 cm³/mol. The number of fused-ring (bicyclic) bond motifs is 1. The fourth-order valence-corrected chi connectivity index (χ4v) is 3.77. The number of carboxylic acids is 1. The van der Waals surface area contributed by atoms with Gasteiger partial charge in [0.15, 0.2) is 0 Å². The van der Waals surface area contributed by atoms with Crippen molar-refractivity contribution >= 4 is 5.97 Å². The molecular formula is C14H21N3O2. The van der Waals surface area contributed by atoms with E-state index in [1.54, 1.807) is 6.20 Å².